The van der Waals surface area contributed by atoms with Crippen LogP contribution in [0.3, 0.4) is 0 Å². The smallest absolute Gasteiger partial charge is 0.325 e. The number of aromatic nitrogens is 1. The predicted molar refractivity (Wildman–Crippen MR) is 64.7 cm³/mol. The first-order chi connectivity index (χ1) is 8.27. The van der Waals surface area contributed by atoms with E-state index in [4.69, 9.17) is 0 Å². The lowest BCUT2D eigenvalue weighted by atomic mass is 10.3. The molecule has 1 aromatic rings. The number of carbonyl (C=O) groups is 1. The number of nitrogens with zero attached hydrogens (tertiary/aromatic N) is 1. The monoisotopic (exact) mass is 274 g/mol. The summed E-state index contributed by atoms with van der Waals surface area (Å²) in [5.74, 6) is -1.43. The fourth-order valence-electron chi connectivity index (χ4n) is 1.14. The topological polar surface area (TPSA) is 106 Å². The second-order valence-corrected chi connectivity index (χ2v) is 5.63. The number of ether oxygens (including phenoxy) is 1. The van der Waals surface area contributed by atoms with Crippen molar-refractivity contribution in [2.24, 2.45) is 0 Å². The van der Waals surface area contributed by atoms with Crippen LogP contribution in [-0.2, 0) is 19.6 Å². The van der Waals surface area contributed by atoms with Crippen molar-refractivity contribution >= 4 is 21.8 Å². The van der Waals surface area contributed by atoms with E-state index >= 15 is 0 Å². The minimum Gasteiger partial charge on any atom is -0.504 e. The van der Waals surface area contributed by atoms with Crippen LogP contribution in [0.4, 0.5) is 5.82 Å². The highest BCUT2D eigenvalue weighted by molar-refractivity contribution is 7.94. The van der Waals surface area contributed by atoms with E-state index in [2.05, 4.69) is 14.4 Å². The SMILES string of the molecule is COC(=O)C(C)S(=O)(=O)Nc1nc(C)ccc1O. The lowest BCUT2D eigenvalue weighted by Crippen LogP contribution is -2.33. The summed E-state index contributed by atoms with van der Waals surface area (Å²) >= 11 is 0. The van der Waals surface area contributed by atoms with Crippen LogP contribution in [0, 0.1) is 6.92 Å². The van der Waals surface area contributed by atoms with Gasteiger partial charge in [-0.25, -0.2) is 13.4 Å². The van der Waals surface area contributed by atoms with E-state index < -0.39 is 21.2 Å². The Bertz CT molecular complexity index is 555. The molecule has 2 N–H and O–H groups in total. The standard InChI is InChI=1S/C10H14N2O5S/c1-6-4-5-8(13)9(11-6)12-18(15,16)7(2)10(14)17-3/h4-5,7,13H,1-3H3,(H,11,12). The second kappa shape index (κ2) is 5.21. The zero-order valence-electron chi connectivity index (χ0n) is 10.2. The highest BCUT2D eigenvalue weighted by Crippen LogP contribution is 2.22. The zero-order chi connectivity index (χ0) is 13.9. The Morgan fingerprint density at radius 1 is 1.50 bits per heavy atom. The Morgan fingerprint density at radius 3 is 2.67 bits per heavy atom. The Labute approximate surface area is 105 Å². The van der Waals surface area contributed by atoms with Crippen molar-refractivity contribution in [1.82, 2.24) is 4.98 Å². The van der Waals surface area contributed by atoms with E-state index in [1.54, 1.807) is 6.92 Å². The van der Waals surface area contributed by atoms with Gasteiger partial charge in [0.15, 0.2) is 16.8 Å². The molecule has 8 heteroatoms. The molecule has 0 aliphatic rings. The Hall–Kier alpha value is -1.83. The average molecular weight is 274 g/mol. The van der Waals surface area contributed by atoms with Gasteiger partial charge in [-0.05, 0) is 26.0 Å². The van der Waals surface area contributed by atoms with Gasteiger partial charge in [-0.1, -0.05) is 0 Å². The molecule has 1 aromatic heterocycles. The van der Waals surface area contributed by atoms with Crippen molar-refractivity contribution in [2.75, 3.05) is 11.8 Å². The number of anilines is 1. The molecule has 0 radical (unpaired) electrons. The average Bonchev–Trinajstić information content (AvgIpc) is 2.31. The van der Waals surface area contributed by atoms with Crippen molar-refractivity contribution in [3.8, 4) is 5.75 Å². The number of aromatic hydroxyl groups is 1. The number of nitrogens with one attached hydrogen (secondary N) is 1. The normalized spacial score (nSPS) is 12.8. The maximum atomic E-state index is 11.8. The maximum Gasteiger partial charge on any atom is 0.325 e. The van der Waals surface area contributed by atoms with Crippen molar-refractivity contribution < 1.29 is 23.1 Å². The molecule has 0 aromatic carbocycles. The summed E-state index contributed by atoms with van der Waals surface area (Å²) < 4.78 is 30.0. The summed E-state index contributed by atoms with van der Waals surface area (Å²) in [5.41, 5.74) is 0.524. The summed E-state index contributed by atoms with van der Waals surface area (Å²) in [5, 5.41) is 8.07. The van der Waals surface area contributed by atoms with Gasteiger partial charge in [0.2, 0.25) is 10.0 Å². The molecular formula is C10H14N2O5S. The van der Waals surface area contributed by atoms with Crippen LogP contribution in [0.25, 0.3) is 0 Å². The van der Waals surface area contributed by atoms with Gasteiger partial charge in [0.05, 0.1) is 7.11 Å². The number of esters is 1. The van der Waals surface area contributed by atoms with E-state index in [9.17, 15) is 18.3 Å². The number of hydrogen-bond acceptors (Lipinski definition) is 6. The van der Waals surface area contributed by atoms with Gasteiger partial charge < -0.3 is 9.84 Å². The van der Waals surface area contributed by atoms with Crippen molar-refractivity contribution in [2.45, 2.75) is 19.1 Å². The van der Waals surface area contributed by atoms with Crippen molar-refractivity contribution in [3.05, 3.63) is 17.8 Å². The summed E-state index contributed by atoms with van der Waals surface area (Å²) in [6.07, 6.45) is 0. The van der Waals surface area contributed by atoms with E-state index in [0.717, 1.165) is 7.11 Å². The van der Waals surface area contributed by atoms with E-state index in [1.165, 1.54) is 19.1 Å². The largest absolute Gasteiger partial charge is 0.504 e. The van der Waals surface area contributed by atoms with Gasteiger partial charge in [0.1, 0.15) is 0 Å². The molecule has 1 unspecified atom stereocenters. The number of pyridine rings is 1. The molecule has 0 saturated carbocycles. The molecule has 0 amide bonds. The molecule has 0 bridgehead atoms. The van der Waals surface area contributed by atoms with Gasteiger partial charge in [-0.15, -0.1) is 0 Å². The molecule has 0 fully saturated rings. The Kier molecular flexibility index (Phi) is 4.12. The zero-order valence-corrected chi connectivity index (χ0v) is 11.0. The highest BCUT2D eigenvalue weighted by atomic mass is 32.2. The predicted octanol–water partition coefficient (Wildman–Crippen LogP) is 0.399. The van der Waals surface area contributed by atoms with Gasteiger partial charge in [-0.3, -0.25) is 9.52 Å². The van der Waals surface area contributed by atoms with Crippen LogP contribution in [0.2, 0.25) is 0 Å². The van der Waals surface area contributed by atoms with Crippen molar-refractivity contribution in [3.63, 3.8) is 0 Å². The third kappa shape index (κ3) is 3.10. The third-order valence-corrected chi connectivity index (χ3v) is 3.85. The number of hydrogen-bond donors (Lipinski definition) is 2. The van der Waals surface area contributed by atoms with Crippen LogP contribution in [-0.4, -0.2) is 36.8 Å². The fraction of sp³-hybridized carbons (Fsp3) is 0.400. The summed E-state index contributed by atoms with van der Waals surface area (Å²) in [4.78, 5) is 15.0. The Balaban J connectivity index is 3.02. The Morgan fingerprint density at radius 2 is 2.11 bits per heavy atom. The van der Waals surface area contributed by atoms with Gasteiger partial charge in [0.25, 0.3) is 0 Å². The van der Waals surface area contributed by atoms with Gasteiger partial charge >= 0.3 is 5.97 Å². The molecular weight excluding hydrogens is 260 g/mol. The van der Waals surface area contributed by atoms with Crippen molar-refractivity contribution in [1.29, 1.82) is 0 Å². The van der Waals surface area contributed by atoms with Gasteiger partial charge in [-0.2, -0.15) is 0 Å². The minimum atomic E-state index is -4.01. The first kappa shape index (κ1) is 14.2. The lowest BCUT2D eigenvalue weighted by Gasteiger charge is -2.13. The fourth-order valence-corrected chi connectivity index (χ4v) is 2.09. The summed E-state index contributed by atoms with van der Waals surface area (Å²) in [6, 6.07) is 2.83. The first-order valence-electron chi connectivity index (χ1n) is 5.04. The molecule has 100 valence electrons. The second-order valence-electron chi connectivity index (χ2n) is 3.63. The number of methoxy groups -OCH3 is 1. The van der Waals surface area contributed by atoms with Crippen LogP contribution in [0.1, 0.15) is 12.6 Å². The first-order valence-corrected chi connectivity index (χ1v) is 6.58. The molecule has 0 saturated heterocycles. The number of sulfonamides is 1. The molecule has 1 atom stereocenters. The van der Waals surface area contributed by atoms with Crippen LogP contribution in [0.15, 0.2) is 12.1 Å². The van der Waals surface area contributed by atoms with Gasteiger partial charge in [0, 0.05) is 5.69 Å². The molecule has 0 spiro atoms. The summed E-state index contributed by atoms with van der Waals surface area (Å²) in [7, 11) is -2.92. The summed E-state index contributed by atoms with van der Waals surface area (Å²) in [6.45, 7) is 2.82. The molecule has 7 nitrogen and oxygen atoms in total. The van der Waals surface area contributed by atoms with Crippen LogP contribution < -0.4 is 4.72 Å². The molecule has 0 aliphatic heterocycles. The molecule has 18 heavy (non-hydrogen) atoms. The van der Waals surface area contributed by atoms with E-state index in [1.807, 2.05) is 0 Å². The number of carbonyl (C=O) groups excluding carboxylic acids is 1. The van der Waals surface area contributed by atoms with Crippen LogP contribution in [0.5, 0.6) is 5.75 Å². The van der Waals surface area contributed by atoms with Crippen LogP contribution >= 0.6 is 0 Å². The molecule has 0 aliphatic carbocycles. The highest BCUT2D eigenvalue weighted by Gasteiger charge is 2.29. The third-order valence-electron chi connectivity index (χ3n) is 2.25. The minimum absolute atomic E-state index is 0.217. The number of aryl methyl sites for hydroxylation is 1. The quantitative estimate of drug-likeness (QED) is 0.770. The number of rotatable bonds is 4. The lowest BCUT2D eigenvalue weighted by molar-refractivity contribution is -0.139. The van der Waals surface area contributed by atoms with E-state index in [-0.39, 0.29) is 11.6 Å². The molecule has 1 rings (SSSR count). The van der Waals surface area contributed by atoms with E-state index in [0.29, 0.717) is 5.69 Å². The molecule has 1 heterocycles. The maximum absolute atomic E-state index is 11.8.